The minimum absolute atomic E-state index is 0.242. The van der Waals surface area contributed by atoms with Crippen LogP contribution in [0.1, 0.15) is 38.8 Å². The Kier molecular flexibility index (Phi) is 3.56. The van der Waals surface area contributed by atoms with Crippen molar-refractivity contribution < 1.29 is 4.74 Å². The summed E-state index contributed by atoms with van der Waals surface area (Å²) in [5, 5.41) is 0. The molecule has 0 N–H and O–H groups in total. The van der Waals surface area contributed by atoms with E-state index in [-0.39, 0.29) is 6.10 Å². The lowest BCUT2D eigenvalue weighted by Gasteiger charge is -2.14. The summed E-state index contributed by atoms with van der Waals surface area (Å²) in [6.07, 6.45) is 0.242. The van der Waals surface area contributed by atoms with Crippen LogP contribution in [-0.2, 0) is 0 Å². The molecular formula is C13H19O. The Balaban J connectivity index is 2.90. The van der Waals surface area contributed by atoms with E-state index >= 15 is 0 Å². The first-order valence-corrected chi connectivity index (χ1v) is 5.08. The van der Waals surface area contributed by atoms with Crippen molar-refractivity contribution in [2.75, 3.05) is 0 Å². The minimum atomic E-state index is 0.242. The zero-order valence-electron chi connectivity index (χ0n) is 9.72. The van der Waals surface area contributed by atoms with Crippen molar-refractivity contribution in [2.45, 2.75) is 40.7 Å². The van der Waals surface area contributed by atoms with Gasteiger partial charge < -0.3 is 4.74 Å². The van der Waals surface area contributed by atoms with Crippen LogP contribution < -0.4 is 4.74 Å². The Hall–Kier alpha value is -0.980. The molecule has 0 saturated carbocycles. The second-order valence-electron chi connectivity index (χ2n) is 4.15. The molecule has 0 heterocycles. The molecule has 1 radical (unpaired) electrons. The van der Waals surface area contributed by atoms with E-state index in [0.29, 0.717) is 0 Å². The summed E-state index contributed by atoms with van der Waals surface area (Å²) < 4.78 is 5.67. The van der Waals surface area contributed by atoms with Crippen LogP contribution in [0.25, 0.3) is 0 Å². The topological polar surface area (TPSA) is 9.23 Å². The SMILES string of the molecule is C[C](C)c1ccc(OC(C)C)c(C)c1. The molecule has 0 unspecified atom stereocenters. The van der Waals surface area contributed by atoms with Crippen molar-refractivity contribution in [1.82, 2.24) is 0 Å². The molecule has 0 saturated heterocycles. The zero-order valence-corrected chi connectivity index (χ0v) is 9.72. The summed E-state index contributed by atoms with van der Waals surface area (Å²) in [5.74, 6) is 2.33. The van der Waals surface area contributed by atoms with Crippen molar-refractivity contribution in [2.24, 2.45) is 0 Å². The maximum absolute atomic E-state index is 5.67. The van der Waals surface area contributed by atoms with E-state index in [1.807, 2.05) is 13.8 Å². The molecule has 0 atom stereocenters. The van der Waals surface area contributed by atoms with Crippen LogP contribution in [0.15, 0.2) is 18.2 Å². The molecule has 14 heavy (non-hydrogen) atoms. The molecule has 0 spiro atoms. The number of aryl methyl sites for hydroxylation is 1. The van der Waals surface area contributed by atoms with Gasteiger partial charge in [-0.25, -0.2) is 0 Å². The maximum atomic E-state index is 5.67. The lowest BCUT2D eigenvalue weighted by molar-refractivity contribution is 0.241. The number of benzene rings is 1. The van der Waals surface area contributed by atoms with Gasteiger partial charge in [0.25, 0.3) is 0 Å². The molecule has 0 fully saturated rings. The molecule has 1 heteroatoms. The molecule has 0 aliphatic carbocycles. The fourth-order valence-electron chi connectivity index (χ4n) is 1.35. The van der Waals surface area contributed by atoms with Gasteiger partial charge in [0.1, 0.15) is 5.75 Å². The van der Waals surface area contributed by atoms with Crippen LogP contribution in [-0.4, -0.2) is 6.10 Å². The van der Waals surface area contributed by atoms with E-state index in [4.69, 9.17) is 4.74 Å². The second kappa shape index (κ2) is 4.50. The molecule has 0 amide bonds. The van der Waals surface area contributed by atoms with Crippen molar-refractivity contribution in [3.63, 3.8) is 0 Å². The highest BCUT2D eigenvalue weighted by molar-refractivity contribution is 5.40. The third kappa shape index (κ3) is 2.76. The largest absolute Gasteiger partial charge is 0.491 e. The van der Waals surface area contributed by atoms with Crippen molar-refractivity contribution in [3.8, 4) is 5.75 Å². The van der Waals surface area contributed by atoms with E-state index in [9.17, 15) is 0 Å². The standard InChI is InChI=1S/C13H19O/c1-9(2)12-6-7-13(11(5)8-12)14-10(3)4/h6-8,10H,1-5H3. The molecule has 1 aromatic carbocycles. The van der Waals surface area contributed by atoms with Gasteiger partial charge in [0.2, 0.25) is 0 Å². The number of ether oxygens (including phenoxy) is 1. The van der Waals surface area contributed by atoms with Crippen LogP contribution in [0.3, 0.4) is 0 Å². The van der Waals surface area contributed by atoms with E-state index < -0.39 is 0 Å². The monoisotopic (exact) mass is 191 g/mol. The summed E-state index contributed by atoms with van der Waals surface area (Å²) in [5.41, 5.74) is 2.50. The van der Waals surface area contributed by atoms with Crippen molar-refractivity contribution in [1.29, 1.82) is 0 Å². The molecule has 1 nitrogen and oxygen atoms in total. The number of hydrogen-bond acceptors (Lipinski definition) is 1. The molecule has 1 aromatic rings. The van der Waals surface area contributed by atoms with E-state index in [0.717, 1.165) is 5.75 Å². The van der Waals surface area contributed by atoms with Crippen molar-refractivity contribution in [3.05, 3.63) is 35.2 Å². The molecule has 0 aliphatic heterocycles. The van der Waals surface area contributed by atoms with Gasteiger partial charge in [0.15, 0.2) is 0 Å². The highest BCUT2D eigenvalue weighted by Gasteiger charge is 2.05. The summed E-state index contributed by atoms with van der Waals surface area (Å²) in [7, 11) is 0. The van der Waals surface area contributed by atoms with Crippen LogP contribution in [0.5, 0.6) is 5.75 Å². The number of hydrogen-bond donors (Lipinski definition) is 0. The predicted molar refractivity (Wildman–Crippen MR) is 60.6 cm³/mol. The summed E-state index contributed by atoms with van der Waals surface area (Å²) >= 11 is 0. The Morgan fingerprint density at radius 2 is 1.86 bits per heavy atom. The zero-order chi connectivity index (χ0) is 10.7. The van der Waals surface area contributed by atoms with Gasteiger partial charge in [-0.05, 0) is 43.9 Å². The molecule has 0 bridgehead atoms. The van der Waals surface area contributed by atoms with E-state index in [2.05, 4.69) is 39.0 Å². The first-order valence-electron chi connectivity index (χ1n) is 5.08. The fourth-order valence-corrected chi connectivity index (χ4v) is 1.35. The lowest BCUT2D eigenvalue weighted by atomic mass is 10.0. The first kappa shape index (κ1) is 11.1. The predicted octanol–water partition coefficient (Wildman–Crippen LogP) is 3.74. The quantitative estimate of drug-likeness (QED) is 0.707. The van der Waals surface area contributed by atoms with Crippen LogP contribution in [0.2, 0.25) is 0 Å². The molecule has 0 aliphatic rings. The van der Waals surface area contributed by atoms with Crippen LogP contribution in [0.4, 0.5) is 0 Å². The Morgan fingerprint density at radius 1 is 1.21 bits per heavy atom. The van der Waals surface area contributed by atoms with Crippen molar-refractivity contribution >= 4 is 0 Å². The molecule has 0 aromatic heterocycles. The molecule has 77 valence electrons. The first-order chi connectivity index (χ1) is 6.50. The lowest BCUT2D eigenvalue weighted by Crippen LogP contribution is -2.06. The summed E-state index contributed by atoms with van der Waals surface area (Å²) in [6, 6.07) is 6.34. The highest BCUT2D eigenvalue weighted by Crippen LogP contribution is 2.23. The average molecular weight is 191 g/mol. The van der Waals surface area contributed by atoms with E-state index in [1.165, 1.54) is 17.0 Å². The maximum Gasteiger partial charge on any atom is 0.122 e. The Morgan fingerprint density at radius 3 is 2.29 bits per heavy atom. The normalized spacial score (nSPS) is 11.1. The van der Waals surface area contributed by atoms with Gasteiger partial charge in [0, 0.05) is 0 Å². The van der Waals surface area contributed by atoms with Crippen LogP contribution >= 0.6 is 0 Å². The average Bonchev–Trinajstić information content (AvgIpc) is 2.07. The van der Waals surface area contributed by atoms with Crippen LogP contribution in [0, 0.1) is 12.8 Å². The van der Waals surface area contributed by atoms with E-state index in [1.54, 1.807) is 0 Å². The molecule has 1 rings (SSSR count). The summed E-state index contributed by atoms with van der Waals surface area (Å²) in [6.45, 7) is 10.4. The third-order valence-corrected chi connectivity index (χ3v) is 2.11. The van der Waals surface area contributed by atoms with Gasteiger partial charge in [-0.3, -0.25) is 0 Å². The van der Waals surface area contributed by atoms with Gasteiger partial charge >= 0.3 is 0 Å². The second-order valence-corrected chi connectivity index (χ2v) is 4.15. The third-order valence-electron chi connectivity index (χ3n) is 2.11. The molecular weight excluding hydrogens is 172 g/mol. The van der Waals surface area contributed by atoms with Gasteiger partial charge in [-0.15, -0.1) is 0 Å². The fraction of sp³-hybridized carbons (Fsp3) is 0.462. The highest BCUT2D eigenvalue weighted by atomic mass is 16.5. The number of rotatable bonds is 3. The Labute approximate surface area is 87.1 Å². The smallest absolute Gasteiger partial charge is 0.122 e. The summed E-state index contributed by atoms with van der Waals surface area (Å²) in [4.78, 5) is 0. The Bertz CT molecular complexity index is 300. The van der Waals surface area contributed by atoms with Gasteiger partial charge in [-0.1, -0.05) is 26.0 Å². The van der Waals surface area contributed by atoms with Gasteiger partial charge in [0.05, 0.1) is 6.10 Å². The van der Waals surface area contributed by atoms with Gasteiger partial charge in [-0.2, -0.15) is 0 Å². The minimum Gasteiger partial charge on any atom is -0.491 e.